The van der Waals surface area contributed by atoms with E-state index in [-0.39, 0.29) is 105 Å². The third-order valence-electron chi connectivity index (χ3n) is 12.8. The predicted molar refractivity (Wildman–Crippen MR) is 292 cm³/mol. The molecule has 8 amide bonds. The number of carboxylic acid groups (broad SMARTS) is 2. The predicted octanol–water partition coefficient (Wildman–Crippen LogP) is 5.10. The maximum absolute atomic E-state index is 15.4. The van der Waals surface area contributed by atoms with Crippen LogP contribution in [0.1, 0.15) is 117 Å². The number of unbranched alkanes of at least 4 members (excludes halogenated alkanes) is 2. The summed E-state index contributed by atoms with van der Waals surface area (Å²) in [6.45, 7) is 11.4. The van der Waals surface area contributed by atoms with Gasteiger partial charge in [-0.3, -0.25) is 48.1 Å². The molecule has 20 nitrogen and oxygen atoms in total. The van der Waals surface area contributed by atoms with Crippen LogP contribution in [0.3, 0.4) is 0 Å². The normalized spacial score (nSPS) is 13.8. The van der Waals surface area contributed by atoms with Gasteiger partial charge in [0.25, 0.3) is 11.8 Å². The van der Waals surface area contributed by atoms with Crippen LogP contribution >= 0.6 is 11.8 Å². The number of hydrogen-bond acceptors (Lipinski definition) is 11. The summed E-state index contributed by atoms with van der Waals surface area (Å²) in [7, 11) is 0. The quantitative estimate of drug-likeness (QED) is 0.0309. The van der Waals surface area contributed by atoms with Crippen molar-refractivity contribution >= 4 is 71.0 Å². The molecule has 2 aromatic carbocycles. The summed E-state index contributed by atoms with van der Waals surface area (Å²) in [5.74, 6) is -7.79. The zero-order valence-electron chi connectivity index (χ0n) is 45.6. The van der Waals surface area contributed by atoms with E-state index in [1.165, 1.54) is 30.8 Å². The first-order valence-corrected chi connectivity index (χ1v) is 27.5. The Morgan fingerprint density at radius 1 is 0.734 bits per heavy atom. The first kappa shape index (κ1) is 64.1. The van der Waals surface area contributed by atoms with Crippen LogP contribution in [0.25, 0.3) is 11.1 Å². The summed E-state index contributed by atoms with van der Waals surface area (Å²) in [5.41, 5.74) is 1.22. The lowest BCUT2D eigenvalue weighted by molar-refractivity contribution is -0.143. The Bertz CT molecular complexity index is 2660. The van der Waals surface area contributed by atoms with Crippen LogP contribution in [0.2, 0.25) is 0 Å². The minimum atomic E-state index is -1.41. The highest BCUT2D eigenvalue weighted by atomic mass is 32.2. The lowest BCUT2D eigenvalue weighted by atomic mass is 9.83. The number of carbonyl (C=O) groups excluding carboxylic acids is 8. The standard InChI is InChI=1S/C56H74F2N8O12S/c1-35(2)51(63-45(68)16-11-8-12-27-65-47(70)20-21-48(65)71)54(76)61-36(3)53(75)60-25-13-28-66(49(72)34-79-29-24-44(67)59-26-23-46(69)62-42(55(77)78)19-22-50(73)74)52(56(4,5)6)43-30-38(40-31-39(57)17-18-41(40)58)33-64(43)32-37-14-9-7-10-15-37/h7,9-10,14-15,17-18,20-21,30-31,33,35-36,42,51-52H,8,11-13,16,19,22-29,32,34H2,1-6H3,(H,59,67)(H,60,75)(H,61,76)(H,62,69)(H,63,68)(H,73,74)(H,77,78)/t36-,42-,51?,52-/m0/s1. The van der Waals surface area contributed by atoms with Crippen molar-refractivity contribution in [1.82, 2.24) is 41.0 Å². The molecule has 0 fully saturated rings. The molecule has 2 heterocycles. The maximum Gasteiger partial charge on any atom is 0.326 e. The van der Waals surface area contributed by atoms with Crippen molar-refractivity contribution in [2.75, 3.05) is 37.7 Å². The molecule has 7 N–H and O–H groups in total. The molecule has 1 aliphatic heterocycles. The summed E-state index contributed by atoms with van der Waals surface area (Å²) in [4.78, 5) is 128. The third-order valence-corrected chi connectivity index (χ3v) is 13.8. The van der Waals surface area contributed by atoms with E-state index >= 15 is 4.39 Å². The van der Waals surface area contributed by atoms with E-state index in [9.17, 15) is 57.4 Å². The number of amides is 8. The fourth-order valence-corrected chi connectivity index (χ4v) is 9.57. The monoisotopic (exact) mass is 1120 g/mol. The topological polar surface area (TPSA) is 283 Å². The van der Waals surface area contributed by atoms with E-state index in [1.807, 2.05) is 55.7 Å². The van der Waals surface area contributed by atoms with Gasteiger partial charge in [0.15, 0.2) is 0 Å². The van der Waals surface area contributed by atoms with Crippen molar-refractivity contribution in [1.29, 1.82) is 0 Å². The van der Waals surface area contributed by atoms with E-state index < -0.39 is 83.2 Å². The molecule has 0 spiro atoms. The van der Waals surface area contributed by atoms with Gasteiger partial charge >= 0.3 is 11.9 Å². The van der Waals surface area contributed by atoms with Gasteiger partial charge in [-0.15, -0.1) is 0 Å². The number of nitrogens with one attached hydrogen (secondary N) is 5. The highest BCUT2D eigenvalue weighted by Crippen LogP contribution is 2.41. The molecule has 430 valence electrons. The van der Waals surface area contributed by atoms with Crippen molar-refractivity contribution in [3.63, 3.8) is 0 Å². The minimum Gasteiger partial charge on any atom is -0.481 e. The zero-order valence-corrected chi connectivity index (χ0v) is 46.4. The number of rotatable bonds is 33. The molecule has 23 heteroatoms. The zero-order chi connectivity index (χ0) is 58.4. The van der Waals surface area contributed by atoms with Gasteiger partial charge in [-0.1, -0.05) is 71.4 Å². The average molecular weight is 1120 g/mol. The first-order chi connectivity index (χ1) is 37.4. The van der Waals surface area contributed by atoms with Crippen molar-refractivity contribution in [3.05, 3.63) is 95.8 Å². The number of carboxylic acids is 2. The Hall–Kier alpha value is -7.43. The number of carbonyl (C=O) groups is 10. The molecular weight excluding hydrogens is 1050 g/mol. The first-order valence-electron chi connectivity index (χ1n) is 26.3. The molecule has 1 aromatic heterocycles. The van der Waals surface area contributed by atoms with Crippen molar-refractivity contribution in [2.45, 2.75) is 130 Å². The van der Waals surface area contributed by atoms with Gasteiger partial charge in [0, 0.05) is 99.3 Å². The molecule has 4 atom stereocenters. The van der Waals surface area contributed by atoms with Gasteiger partial charge in [-0.2, -0.15) is 11.8 Å². The van der Waals surface area contributed by atoms with Crippen LogP contribution in [0.4, 0.5) is 8.78 Å². The van der Waals surface area contributed by atoms with Crippen LogP contribution in [0, 0.1) is 23.0 Å². The number of thioether (sulfide) groups is 1. The molecule has 1 aliphatic rings. The molecule has 0 radical (unpaired) electrons. The van der Waals surface area contributed by atoms with E-state index in [0.717, 1.165) is 28.7 Å². The molecule has 4 rings (SSSR count). The number of hydrogen-bond donors (Lipinski definition) is 7. The largest absolute Gasteiger partial charge is 0.481 e. The second-order valence-electron chi connectivity index (χ2n) is 20.7. The second-order valence-corrected chi connectivity index (χ2v) is 21.8. The Morgan fingerprint density at radius 2 is 1.42 bits per heavy atom. The smallest absolute Gasteiger partial charge is 0.326 e. The lowest BCUT2D eigenvalue weighted by Gasteiger charge is -2.41. The molecule has 0 aliphatic carbocycles. The Kier molecular flexibility index (Phi) is 25.3. The van der Waals surface area contributed by atoms with Gasteiger partial charge in [0.2, 0.25) is 35.4 Å². The third kappa shape index (κ3) is 21.0. The Labute approximate surface area is 463 Å². The lowest BCUT2D eigenvalue weighted by Crippen LogP contribution is -2.54. The minimum absolute atomic E-state index is 0.0251. The van der Waals surface area contributed by atoms with Crippen LogP contribution in [-0.2, 0) is 54.5 Å². The number of imide groups is 1. The summed E-state index contributed by atoms with van der Waals surface area (Å²) in [6, 6.07) is 10.3. The van der Waals surface area contributed by atoms with Crippen LogP contribution in [0.15, 0.2) is 72.9 Å². The van der Waals surface area contributed by atoms with Crippen LogP contribution < -0.4 is 26.6 Å². The number of aliphatic carboxylic acids is 2. The number of benzene rings is 2. The van der Waals surface area contributed by atoms with Crippen molar-refractivity contribution in [3.8, 4) is 11.1 Å². The molecule has 0 bridgehead atoms. The molecular formula is C56H74F2N8O12S. The van der Waals surface area contributed by atoms with Crippen LogP contribution in [-0.4, -0.2) is 140 Å². The van der Waals surface area contributed by atoms with E-state index in [4.69, 9.17) is 5.11 Å². The SMILES string of the molecule is CC(C)C(NC(=O)CCCCCN1C(=O)C=CC1=O)C(=O)N[C@@H](C)C(=O)NCCCN(C(=O)CSCCC(=O)NCCC(=O)N[C@@H](CCC(=O)O)C(=O)O)[C@@H](c1cc(-c2cc(F)ccc2F)cn1Cc1ccccc1)C(C)(C)C. The highest BCUT2D eigenvalue weighted by molar-refractivity contribution is 7.99. The van der Waals surface area contributed by atoms with Gasteiger partial charge in [-0.05, 0) is 73.8 Å². The number of nitrogens with zero attached hydrogens (tertiary/aromatic N) is 3. The maximum atomic E-state index is 15.4. The molecule has 0 saturated carbocycles. The fraction of sp³-hybridized carbons (Fsp3) is 0.500. The highest BCUT2D eigenvalue weighted by Gasteiger charge is 2.37. The van der Waals surface area contributed by atoms with Gasteiger partial charge in [0.1, 0.15) is 29.8 Å². The summed E-state index contributed by atoms with van der Waals surface area (Å²) >= 11 is 1.18. The molecule has 3 aromatic rings. The van der Waals surface area contributed by atoms with E-state index in [2.05, 4.69) is 26.6 Å². The number of aromatic nitrogens is 1. The second kappa shape index (κ2) is 31.2. The van der Waals surface area contributed by atoms with E-state index in [1.54, 1.807) is 31.0 Å². The van der Waals surface area contributed by atoms with Gasteiger partial charge < -0.3 is 46.3 Å². The Morgan fingerprint density at radius 3 is 2.06 bits per heavy atom. The number of halogens is 2. The molecule has 1 unspecified atom stereocenters. The van der Waals surface area contributed by atoms with Crippen LogP contribution in [0.5, 0.6) is 0 Å². The van der Waals surface area contributed by atoms with Gasteiger partial charge in [0.05, 0.1) is 11.8 Å². The molecule has 79 heavy (non-hydrogen) atoms. The fourth-order valence-electron chi connectivity index (χ4n) is 8.76. The summed E-state index contributed by atoms with van der Waals surface area (Å²) in [5, 5.41) is 31.3. The Balaban J connectivity index is 1.45. The van der Waals surface area contributed by atoms with Crippen molar-refractivity contribution < 1.29 is 66.9 Å². The van der Waals surface area contributed by atoms with Gasteiger partial charge in [-0.25, -0.2) is 13.6 Å². The average Bonchev–Trinajstić information content (AvgIpc) is 3.99. The molecule has 0 saturated heterocycles. The summed E-state index contributed by atoms with van der Waals surface area (Å²) in [6.07, 6.45) is 4.94. The summed E-state index contributed by atoms with van der Waals surface area (Å²) < 4.78 is 32.0. The van der Waals surface area contributed by atoms with Crippen molar-refractivity contribution in [2.24, 2.45) is 11.3 Å². The van der Waals surface area contributed by atoms with E-state index in [0.29, 0.717) is 37.1 Å².